The van der Waals surface area contributed by atoms with Crippen molar-refractivity contribution in [3.05, 3.63) is 24.4 Å². The van der Waals surface area contributed by atoms with Crippen molar-refractivity contribution in [3.63, 3.8) is 0 Å². The highest BCUT2D eigenvalue weighted by atomic mass is 15.3. The summed E-state index contributed by atoms with van der Waals surface area (Å²) in [6.45, 7) is 0. The second-order valence-corrected chi connectivity index (χ2v) is 3.59. The number of aryl methyl sites for hydroxylation is 1. The zero-order valence-electron chi connectivity index (χ0n) is 8.68. The summed E-state index contributed by atoms with van der Waals surface area (Å²) in [4.78, 5) is 0. The van der Waals surface area contributed by atoms with Crippen molar-refractivity contribution in [2.45, 2.75) is 0 Å². The molecule has 3 aromatic rings. The maximum absolute atomic E-state index is 5.91. The number of benzene rings is 1. The third-order valence-corrected chi connectivity index (χ3v) is 2.61. The Kier molecular flexibility index (Phi) is 1.70. The summed E-state index contributed by atoms with van der Waals surface area (Å²) in [5.74, 6) is 0.642. The van der Waals surface area contributed by atoms with Crippen LogP contribution in [0, 0.1) is 0 Å². The molecule has 0 spiro atoms. The fraction of sp³-hybridized carbons (Fsp3) is 0.100. The average molecular weight is 214 g/mol. The number of aromatic amines is 1. The van der Waals surface area contributed by atoms with Gasteiger partial charge in [-0.2, -0.15) is 20.5 Å². The van der Waals surface area contributed by atoms with Crippen LogP contribution in [0.2, 0.25) is 0 Å². The summed E-state index contributed by atoms with van der Waals surface area (Å²) >= 11 is 0. The Morgan fingerprint density at radius 2 is 2.06 bits per heavy atom. The molecule has 0 atom stereocenters. The Hall–Kier alpha value is -2.37. The molecule has 0 aliphatic carbocycles. The molecule has 2 heterocycles. The molecule has 3 rings (SSSR count). The van der Waals surface area contributed by atoms with Crippen LogP contribution < -0.4 is 5.73 Å². The molecule has 16 heavy (non-hydrogen) atoms. The lowest BCUT2D eigenvalue weighted by Gasteiger charge is -2.00. The molecule has 0 bridgehead atoms. The standard InChI is InChI=1S/C10H10N6/c1-16-10(11)7(5-12-16)6-2-3-8-9(4-6)14-15-13-8/h2-5H,11H2,1H3,(H,13,14,15). The first-order chi connectivity index (χ1) is 7.75. The molecule has 6 nitrogen and oxygen atoms in total. The van der Waals surface area contributed by atoms with E-state index in [4.69, 9.17) is 5.73 Å². The van der Waals surface area contributed by atoms with E-state index in [0.717, 1.165) is 22.2 Å². The minimum absolute atomic E-state index is 0.642. The van der Waals surface area contributed by atoms with E-state index in [-0.39, 0.29) is 0 Å². The van der Waals surface area contributed by atoms with Gasteiger partial charge in [-0.05, 0) is 17.7 Å². The number of fused-ring (bicyclic) bond motifs is 1. The van der Waals surface area contributed by atoms with Crippen molar-refractivity contribution in [2.75, 3.05) is 5.73 Å². The molecule has 0 amide bonds. The van der Waals surface area contributed by atoms with E-state index in [0.29, 0.717) is 5.82 Å². The molecule has 0 radical (unpaired) electrons. The lowest BCUT2D eigenvalue weighted by molar-refractivity contribution is 0.779. The van der Waals surface area contributed by atoms with Gasteiger partial charge in [-0.15, -0.1) is 0 Å². The highest BCUT2D eigenvalue weighted by Crippen LogP contribution is 2.26. The highest BCUT2D eigenvalue weighted by molar-refractivity contribution is 5.83. The maximum Gasteiger partial charge on any atom is 0.129 e. The van der Waals surface area contributed by atoms with E-state index in [1.54, 1.807) is 10.9 Å². The van der Waals surface area contributed by atoms with Gasteiger partial charge in [0.25, 0.3) is 0 Å². The fourth-order valence-corrected chi connectivity index (χ4v) is 1.68. The van der Waals surface area contributed by atoms with E-state index >= 15 is 0 Å². The average Bonchev–Trinajstić information content (AvgIpc) is 2.86. The third kappa shape index (κ3) is 1.16. The molecule has 80 valence electrons. The van der Waals surface area contributed by atoms with Crippen LogP contribution in [0.1, 0.15) is 0 Å². The summed E-state index contributed by atoms with van der Waals surface area (Å²) in [6.07, 6.45) is 1.75. The normalized spacial score (nSPS) is 11.1. The second kappa shape index (κ2) is 3.06. The highest BCUT2D eigenvalue weighted by Gasteiger charge is 2.08. The lowest BCUT2D eigenvalue weighted by Crippen LogP contribution is -1.97. The van der Waals surface area contributed by atoms with Gasteiger partial charge in [-0.25, -0.2) is 0 Å². The summed E-state index contributed by atoms with van der Waals surface area (Å²) in [6, 6.07) is 5.80. The van der Waals surface area contributed by atoms with E-state index in [9.17, 15) is 0 Å². The van der Waals surface area contributed by atoms with Crippen molar-refractivity contribution in [1.29, 1.82) is 0 Å². The van der Waals surface area contributed by atoms with Crippen LogP contribution >= 0.6 is 0 Å². The Balaban J connectivity index is 2.21. The molecule has 3 N–H and O–H groups in total. The van der Waals surface area contributed by atoms with Crippen LogP contribution in [-0.4, -0.2) is 25.2 Å². The van der Waals surface area contributed by atoms with Gasteiger partial charge in [0.15, 0.2) is 0 Å². The Morgan fingerprint density at radius 3 is 2.81 bits per heavy atom. The van der Waals surface area contributed by atoms with Gasteiger partial charge in [0, 0.05) is 12.6 Å². The number of aromatic nitrogens is 5. The number of rotatable bonds is 1. The number of hydrogen-bond donors (Lipinski definition) is 2. The van der Waals surface area contributed by atoms with Crippen molar-refractivity contribution in [2.24, 2.45) is 7.05 Å². The van der Waals surface area contributed by atoms with Crippen molar-refractivity contribution >= 4 is 16.9 Å². The van der Waals surface area contributed by atoms with Crippen molar-refractivity contribution in [1.82, 2.24) is 25.2 Å². The van der Waals surface area contributed by atoms with Gasteiger partial charge in [0.05, 0.1) is 6.20 Å². The van der Waals surface area contributed by atoms with Gasteiger partial charge < -0.3 is 5.73 Å². The van der Waals surface area contributed by atoms with Gasteiger partial charge >= 0.3 is 0 Å². The molecule has 0 aliphatic heterocycles. The van der Waals surface area contributed by atoms with Crippen LogP contribution in [0.15, 0.2) is 24.4 Å². The first-order valence-corrected chi connectivity index (χ1v) is 4.84. The number of nitrogens with two attached hydrogens (primary N) is 1. The first kappa shape index (κ1) is 8.90. The second-order valence-electron chi connectivity index (χ2n) is 3.59. The van der Waals surface area contributed by atoms with E-state index in [1.807, 2.05) is 25.2 Å². The molecule has 0 fully saturated rings. The summed E-state index contributed by atoms with van der Waals surface area (Å²) < 4.78 is 1.64. The smallest absolute Gasteiger partial charge is 0.129 e. The van der Waals surface area contributed by atoms with E-state index in [1.165, 1.54) is 0 Å². The molecule has 2 aromatic heterocycles. The summed E-state index contributed by atoms with van der Waals surface area (Å²) in [5, 5.41) is 14.7. The predicted molar refractivity (Wildman–Crippen MR) is 60.5 cm³/mol. The number of hydrogen-bond acceptors (Lipinski definition) is 4. The number of H-pyrrole nitrogens is 1. The third-order valence-electron chi connectivity index (χ3n) is 2.61. The van der Waals surface area contributed by atoms with Crippen molar-refractivity contribution < 1.29 is 0 Å². The van der Waals surface area contributed by atoms with Gasteiger partial charge in [0.1, 0.15) is 16.9 Å². The Labute approximate surface area is 91.1 Å². The molecular formula is C10H10N6. The summed E-state index contributed by atoms with van der Waals surface area (Å²) in [5.41, 5.74) is 9.47. The van der Waals surface area contributed by atoms with Gasteiger partial charge in [-0.3, -0.25) is 4.68 Å². The van der Waals surface area contributed by atoms with Crippen LogP contribution in [0.25, 0.3) is 22.2 Å². The minimum atomic E-state index is 0.642. The molecule has 0 aliphatic rings. The monoisotopic (exact) mass is 214 g/mol. The van der Waals surface area contributed by atoms with Crippen LogP contribution in [0.5, 0.6) is 0 Å². The summed E-state index contributed by atoms with van der Waals surface area (Å²) in [7, 11) is 1.81. The zero-order chi connectivity index (χ0) is 11.1. The zero-order valence-corrected chi connectivity index (χ0v) is 8.68. The van der Waals surface area contributed by atoms with Crippen LogP contribution in [0.4, 0.5) is 5.82 Å². The maximum atomic E-state index is 5.91. The SMILES string of the molecule is Cn1ncc(-c2ccc3n[nH]nc3c2)c1N. The molecule has 0 saturated heterocycles. The topological polar surface area (TPSA) is 85.4 Å². The van der Waals surface area contributed by atoms with E-state index in [2.05, 4.69) is 20.5 Å². The predicted octanol–water partition coefficient (Wildman–Crippen LogP) is 0.941. The molecule has 6 heteroatoms. The quantitative estimate of drug-likeness (QED) is 0.631. The van der Waals surface area contributed by atoms with Crippen LogP contribution in [0.3, 0.4) is 0 Å². The van der Waals surface area contributed by atoms with E-state index < -0.39 is 0 Å². The van der Waals surface area contributed by atoms with Crippen LogP contribution in [-0.2, 0) is 7.05 Å². The van der Waals surface area contributed by atoms with Crippen molar-refractivity contribution in [3.8, 4) is 11.1 Å². The fourth-order valence-electron chi connectivity index (χ4n) is 1.68. The largest absolute Gasteiger partial charge is 0.383 e. The lowest BCUT2D eigenvalue weighted by atomic mass is 10.1. The number of nitrogen functional groups attached to an aromatic ring is 1. The first-order valence-electron chi connectivity index (χ1n) is 4.84. The Morgan fingerprint density at radius 1 is 1.25 bits per heavy atom. The molecule has 0 saturated carbocycles. The number of anilines is 1. The van der Waals surface area contributed by atoms with Gasteiger partial charge in [0.2, 0.25) is 0 Å². The number of nitrogens with one attached hydrogen (secondary N) is 1. The Bertz CT molecular complexity index is 650. The molecule has 0 unspecified atom stereocenters. The molecular weight excluding hydrogens is 204 g/mol. The minimum Gasteiger partial charge on any atom is -0.383 e. The van der Waals surface area contributed by atoms with Gasteiger partial charge in [-0.1, -0.05) is 6.07 Å². The number of nitrogens with zero attached hydrogens (tertiary/aromatic N) is 4. The molecule has 1 aromatic carbocycles.